The van der Waals surface area contributed by atoms with Crippen molar-refractivity contribution < 1.29 is 9.53 Å². The maximum atomic E-state index is 11.9. The minimum absolute atomic E-state index is 0.103. The highest BCUT2D eigenvalue weighted by molar-refractivity contribution is 5.96. The summed E-state index contributed by atoms with van der Waals surface area (Å²) in [6.45, 7) is 9.40. The number of carbonyl (C=O) groups is 1. The molecule has 0 saturated carbocycles. The number of nitrogens with two attached hydrogens (primary N) is 1. The second kappa shape index (κ2) is 8.52. The number of nitrogen functional groups attached to an aromatic ring is 1. The highest BCUT2D eigenvalue weighted by Crippen LogP contribution is 2.20. The Labute approximate surface area is 127 Å². The maximum absolute atomic E-state index is 11.9. The summed E-state index contributed by atoms with van der Waals surface area (Å²) in [5, 5.41) is 6.10. The molecule has 1 aromatic carbocycles. The molecule has 0 spiro atoms. The van der Waals surface area contributed by atoms with Gasteiger partial charge in [-0.15, -0.1) is 0 Å². The number of hydrogen-bond donors (Lipinski definition) is 3. The molecule has 0 saturated heterocycles. The zero-order chi connectivity index (χ0) is 15.8. The van der Waals surface area contributed by atoms with Gasteiger partial charge < -0.3 is 21.1 Å². The summed E-state index contributed by atoms with van der Waals surface area (Å²) in [5.41, 5.74) is 7.99. The Hall–Kier alpha value is -1.75. The van der Waals surface area contributed by atoms with E-state index in [1.807, 2.05) is 33.8 Å². The van der Waals surface area contributed by atoms with Crippen LogP contribution < -0.4 is 16.4 Å². The molecule has 0 atom stereocenters. The zero-order valence-corrected chi connectivity index (χ0v) is 13.4. The number of carbonyl (C=O) groups excluding carboxylic acids is 1. The number of anilines is 2. The van der Waals surface area contributed by atoms with Crippen molar-refractivity contribution in [2.24, 2.45) is 0 Å². The van der Waals surface area contributed by atoms with Crippen LogP contribution in [0, 0.1) is 0 Å². The van der Waals surface area contributed by atoms with Gasteiger partial charge in [0.15, 0.2) is 0 Å². The second-order valence-electron chi connectivity index (χ2n) is 5.63. The highest BCUT2D eigenvalue weighted by atomic mass is 16.5. The van der Waals surface area contributed by atoms with Gasteiger partial charge in [0, 0.05) is 24.8 Å². The van der Waals surface area contributed by atoms with Crippen molar-refractivity contribution >= 4 is 17.3 Å². The number of hydrogen-bond acceptors (Lipinski definition) is 4. The summed E-state index contributed by atoms with van der Waals surface area (Å²) >= 11 is 0. The third-order valence-corrected chi connectivity index (χ3v) is 2.82. The van der Waals surface area contributed by atoms with Crippen LogP contribution in [0.25, 0.3) is 0 Å². The van der Waals surface area contributed by atoms with Crippen molar-refractivity contribution in [3.8, 4) is 0 Å². The lowest BCUT2D eigenvalue weighted by molar-refractivity contribution is 0.0787. The van der Waals surface area contributed by atoms with Crippen LogP contribution in [0.1, 0.15) is 44.5 Å². The van der Waals surface area contributed by atoms with E-state index in [0.29, 0.717) is 11.3 Å². The molecule has 0 aliphatic rings. The van der Waals surface area contributed by atoms with Gasteiger partial charge in [0.05, 0.1) is 17.5 Å². The van der Waals surface area contributed by atoms with Crippen molar-refractivity contribution in [2.45, 2.75) is 46.3 Å². The lowest BCUT2D eigenvalue weighted by Gasteiger charge is -2.13. The fourth-order valence-corrected chi connectivity index (χ4v) is 1.82. The highest BCUT2D eigenvalue weighted by Gasteiger charge is 2.09. The average Bonchev–Trinajstić information content (AvgIpc) is 2.38. The molecule has 0 aromatic heterocycles. The SMILES string of the molecule is CC(C)NC(=O)c1ccc(NCCCOC(C)C)c(N)c1. The van der Waals surface area contributed by atoms with E-state index < -0.39 is 0 Å². The minimum atomic E-state index is -0.103. The van der Waals surface area contributed by atoms with Crippen LogP contribution in [0.5, 0.6) is 0 Å². The van der Waals surface area contributed by atoms with Crippen molar-refractivity contribution in [2.75, 3.05) is 24.2 Å². The molecule has 0 aliphatic heterocycles. The van der Waals surface area contributed by atoms with Crippen LogP contribution >= 0.6 is 0 Å². The Morgan fingerprint density at radius 3 is 2.57 bits per heavy atom. The van der Waals surface area contributed by atoms with E-state index in [4.69, 9.17) is 10.5 Å². The predicted molar refractivity (Wildman–Crippen MR) is 87.7 cm³/mol. The third-order valence-electron chi connectivity index (χ3n) is 2.82. The van der Waals surface area contributed by atoms with Crippen LogP contribution in [0.2, 0.25) is 0 Å². The molecular formula is C16H27N3O2. The lowest BCUT2D eigenvalue weighted by atomic mass is 10.1. The third kappa shape index (κ3) is 6.49. The fourth-order valence-electron chi connectivity index (χ4n) is 1.82. The van der Waals surface area contributed by atoms with E-state index in [9.17, 15) is 4.79 Å². The second-order valence-corrected chi connectivity index (χ2v) is 5.63. The largest absolute Gasteiger partial charge is 0.397 e. The van der Waals surface area contributed by atoms with Crippen LogP contribution in [-0.4, -0.2) is 31.2 Å². The first kappa shape index (κ1) is 17.3. The van der Waals surface area contributed by atoms with Crippen molar-refractivity contribution in [3.05, 3.63) is 23.8 Å². The fraction of sp³-hybridized carbons (Fsp3) is 0.562. The summed E-state index contributed by atoms with van der Waals surface area (Å²) in [6.07, 6.45) is 1.17. The van der Waals surface area contributed by atoms with Gasteiger partial charge in [-0.1, -0.05) is 0 Å². The monoisotopic (exact) mass is 293 g/mol. The molecule has 0 bridgehead atoms. The van der Waals surface area contributed by atoms with Crippen molar-refractivity contribution in [1.82, 2.24) is 5.32 Å². The van der Waals surface area contributed by atoms with Crippen LogP contribution in [0.4, 0.5) is 11.4 Å². The number of nitrogens with one attached hydrogen (secondary N) is 2. The molecule has 1 amide bonds. The van der Waals surface area contributed by atoms with Gasteiger partial charge in [-0.2, -0.15) is 0 Å². The molecule has 0 unspecified atom stereocenters. The first-order chi connectivity index (χ1) is 9.90. The molecule has 5 nitrogen and oxygen atoms in total. The number of ether oxygens (including phenoxy) is 1. The molecular weight excluding hydrogens is 266 g/mol. The normalized spacial score (nSPS) is 11.0. The standard InChI is InChI=1S/C16H27N3O2/c1-11(2)19-16(20)13-6-7-15(14(17)10-13)18-8-5-9-21-12(3)4/h6-7,10-12,18H,5,8-9,17H2,1-4H3,(H,19,20). The number of benzene rings is 1. The first-order valence-electron chi connectivity index (χ1n) is 7.46. The van der Waals surface area contributed by atoms with Gasteiger partial charge in [0.1, 0.15) is 0 Å². The summed E-state index contributed by atoms with van der Waals surface area (Å²) in [4.78, 5) is 11.9. The van der Waals surface area contributed by atoms with Gasteiger partial charge in [0.2, 0.25) is 0 Å². The van der Waals surface area contributed by atoms with E-state index >= 15 is 0 Å². The number of rotatable bonds is 8. The summed E-state index contributed by atoms with van der Waals surface area (Å²) < 4.78 is 5.47. The number of amides is 1. The zero-order valence-electron chi connectivity index (χ0n) is 13.4. The first-order valence-corrected chi connectivity index (χ1v) is 7.46. The van der Waals surface area contributed by atoms with E-state index in [1.54, 1.807) is 12.1 Å². The summed E-state index contributed by atoms with van der Waals surface area (Å²) in [6, 6.07) is 5.43. The average molecular weight is 293 g/mol. The Balaban J connectivity index is 2.48. The molecule has 5 heteroatoms. The van der Waals surface area contributed by atoms with E-state index in [0.717, 1.165) is 25.3 Å². The topological polar surface area (TPSA) is 76.4 Å². The summed E-state index contributed by atoms with van der Waals surface area (Å²) in [5.74, 6) is -0.103. The van der Waals surface area contributed by atoms with Gasteiger partial charge >= 0.3 is 0 Å². The molecule has 1 rings (SSSR count). The molecule has 1 aromatic rings. The molecule has 0 aliphatic carbocycles. The van der Waals surface area contributed by atoms with E-state index in [1.165, 1.54) is 0 Å². The minimum Gasteiger partial charge on any atom is -0.397 e. The van der Waals surface area contributed by atoms with E-state index in [2.05, 4.69) is 10.6 Å². The Morgan fingerprint density at radius 1 is 1.29 bits per heavy atom. The van der Waals surface area contributed by atoms with E-state index in [-0.39, 0.29) is 18.1 Å². The molecule has 4 N–H and O–H groups in total. The molecule has 0 heterocycles. The smallest absolute Gasteiger partial charge is 0.251 e. The van der Waals surface area contributed by atoms with Gasteiger partial charge in [-0.3, -0.25) is 4.79 Å². The van der Waals surface area contributed by atoms with Crippen molar-refractivity contribution in [1.29, 1.82) is 0 Å². The Morgan fingerprint density at radius 2 is 2.00 bits per heavy atom. The molecule has 21 heavy (non-hydrogen) atoms. The Bertz CT molecular complexity index is 459. The summed E-state index contributed by atoms with van der Waals surface area (Å²) in [7, 11) is 0. The predicted octanol–water partition coefficient (Wildman–Crippen LogP) is 2.63. The lowest BCUT2D eigenvalue weighted by Crippen LogP contribution is -2.30. The van der Waals surface area contributed by atoms with Crippen LogP contribution in [0.15, 0.2) is 18.2 Å². The molecule has 0 radical (unpaired) electrons. The van der Waals surface area contributed by atoms with Gasteiger partial charge in [0.25, 0.3) is 5.91 Å². The Kier molecular flexibility index (Phi) is 7.02. The van der Waals surface area contributed by atoms with Gasteiger partial charge in [-0.25, -0.2) is 0 Å². The van der Waals surface area contributed by atoms with Crippen LogP contribution in [0.3, 0.4) is 0 Å². The van der Waals surface area contributed by atoms with Crippen LogP contribution in [-0.2, 0) is 4.74 Å². The molecule has 118 valence electrons. The van der Waals surface area contributed by atoms with Gasteiger partial charge in [-0.05, 0) is 52.3 Å². The van der Waals surface area contributed by atoms with Crippen molar-refractivity contribution in [3.63, 3.8) is 0 Å². The molecule has 0 fully saturated rings. The quantitative estimate of drug-likeness (QED) is 0.509. The maximum Gasteiger partial charge on any atom is 0.251 e.